The number of carbonyl (C=O) groups excluding carboxylic acids is 4. The van der Waals surface area contributed by atoms with Gasteiger partial charge in [0.1, 0.15) is 6.04 Å². The molecule has 0 saturated carbocycles. The van der Waals surface area contributed by atoms with E-state index in [2.05, 4.69) is 10.6 Å². The zero-order valence-corrected chi connectivity index (χ0v) is 17.7. The van der Waals surface area contributed by atoms with Crippen LogP contribution in [0.15, 0.2) is 48.5 Å². The van der Waals surface area contributed by atoms with Crippen LogP contribution in [-0.4, -0.2) is 72.3 Å². The van der Waals surface area contributed by atoms with E-state index in [9.17, 15) is 19.2 Å². The van der Waals surface area contributed by atoms with Gasteiger partial charge >= 0.3 is 0 Å². The van der Waals surface area contributed by atoms with Crippen LogP contribution >= 0.6 is 0 Å². The van der Waals surface area contributed by atoms with Crippen molar-refractivity contribution in [1.82, 2.24) is 9.80 Å². The Balaban J connectivity index is 1.33. The first-order valence-electron chi connectivity index (χ1n) is 10.4. The Bertz CT molecular complexity index is 1010. The highest BCUT2D eigenvalue weighted by atomic mass is 16.5. The molecule has 2 aromatic rings. The largest absolute Gasteiger partial charge is 0.379 e. The van der Waals surface area contributed by atoms with Crippen molar-refractivity contribution in [1.29, 1.82) is 0 Å². The maximum atomic E-state index is 12.7. The summed E-state index contributed by atoms with van der Waals surface area (Å²) in [4.78, 5) is 53.0. The third-order valence-electron chi connectivity index (χ3n) is 5.50. The van der Waals surface area contributed by atoms with E-state index in [1.165, 1.54) is 6.92 Å². The lowest BCUT2D eigenvalue weighted by molar-refractivity contribution is -0.119. The molecule has 2 heterocycles. The van der Waals surface area contributed by atoms with E-state index in [0.29, 0.717) is 42.3 Å². The number of carbonyl (C=O) groups is 4. The lowest BCUT2D eigenvalue weighted by Gasteiger charge is -2.25. The third kappa shape index (κ3) is 4.53. The first kappa shape index (κ1) is 21.7. The molecule has 0 radical (unpaired) electrons. The SMILES string of the molecule is CC(C(=O)Nc1ccc(NC(=O)CN2CCOCC2)cc1)N1C(=O)c2ccccc2C1=O. The van der Waals surface area contributed by atoms with Gasteiger partial charge in [-0.2, -0.15) is 0 Å². The zero-order valence-electron chi connectivity index (χ0n) is 17.7. The van der Waals surface area contributed by atoms with Gasteiger partial charge in [0.15, 0.2) is 0 Å². The number of rotatable bonds is 6. The summed E-state index contributed by atoms with van der Waals surface area (Å²) >= 11 is 0. The van der Waals surface area contributed by atoms with E-state index in [1.807, 2.05) is 4.90 Å². The van der Waals surface area contributed by atoms with Crippen molar-refractivity contribution in [2.45, 2.75) is 13.0 Å². The zero-order chi connectivity index (χ0) is 22.7. The second-order valence-electron chi connectivity index (χ2n) is 7.71. The summed E-state index contributed by atoms with van der Waals surface area (Å²) in [5, 5.41) is 5.54. The van der Waals surface area contributed by atoms with Crippen molar-refractivity contribution in [3.8, 4) is 0 Å². The van der Waals surface area contributed by atoms with Crippen LogP contribution in [0.25, 0.3) is 0 Å². The molecule has 1 fully saturated rings. The lowest BCUT2D eigenvalue weighted by Crippen LogP contribution is -2.45. The average Bonchev–Trinajstić information content (AvgIpc) is 3.05. The summed E-state index contributed by atoms with van der Waals surface area (Å²) in [7, 11) is 0. The lowest BCUT2D eigenvalue weighted by atomic mass is 10.1. The maximum absolute atomic E-state index is 12.7. The van der Waals surface area contributed by atoms with Gasteiger partial charge in [0.2, 0.25) is 11.8 Å². The molecule has 32 heavy (non-hydrogen) atoms. The number of fused-ring (bicyclic) bond motifs is 1. The molecule has 2 aromatic carbocycles. The van der Waals surface area contributed by atoms with Crippen molar-refractivity contribution in [2.75, 3.05) is 43.5 Å². The fourth-order valence-corrected chi connectivity index (χ4v) is 3.72. The third-order valence-corrected chi connectivity index (χ3v) is 5.50. The minimum Gasteiger partial charge on any atom is -0.379 e. The van der Waals surface area contributed by atoms with Crippen molar-refractivity contribution in [3.63, 3.8) is 0 Å². The number of nitrogens with one attached hydrogen (secondary N) is 2. The minimum absolute atomic E-state index is 0.122. The molecule has 9 nitrogen and oxygen atoms in total. The highest BCUT2D eigenvalue weighted by molar-refractivity contribution is 6.23. The molecule has 2 aliphatic heterocycles. The molecular weight excluding hydrogens is 412 g/mol. The fourth-order valence-electron chi connectivity index (χ4n) is 3.72. The molecule has 9 heteroatoms. The molecular formula is C23H24N4O5. The van der Waals surface area contributed by atoms with Gasteiger partial charge in [0, 0.05) is 24.5 Å². The molecule has 4 amide bonds. The highest BCUT2D eigenvalue weighted by Gasteiger charge is 2.40. The summed E-state index contributed by atoms with van der Waals surface area (Å²) in [5.74, 6) is -1.57. The molecule has 0 bridgehead atoms. The van der Waals surface area contributed by atoms with E-state index >= 15 is 0 Å². The van der Waals surface area contributed by atoms with Crippen LogP contribution in [0, 0.1) is 0 Å². The normalized spacial score (nSPS) is 17.1. The minimum atomic E-state index is -0.977. The van der Waals surface area contributed by atoms with Crippen LogP contribution in [0.1, 0.15) is 27.6 Å². The number of nitrogens with zero attached hydrogens (tertiary/aromatic N) is 2. The summed E-state index contributed by atoms with van der Waals surface area (Å²) in [5.41, 5.74) is 1.70. The number of hydrogen-bond acceptors (Lipinski definition) is 6. The molecule has 0 aromatic heterocycles. The quantitative estimate of drug-likeness (QED) is 0.666. The van der Waals surface area contributed by atoms with Crippen LogP contribution in [0.5, 0.6) is 0 Å². The average molecular weight is 436 g/mol. The van der Waals surface area contributed by atoms with Crippen molar-refractivity contribution in [3.05, 3.63) is 59.7 Å². The van der Waals surface area contributed by atoms with Gasteiger partial charge in [0.05, 0.1) is 30.9 Å². The van der Waals surface area contributed by atoms with Crippen molar-refractivity contribution in [2.24, 2.45) is 0 Å². The van der Waals surface area contributed by atoms with Crippen LogP contribution in [-0.2, 0) is 14.3 Å². The van der Waals surface area contributed by atoms with E-state index < -0.39 is 23.8 Å². The summed E-state index contributed by atoms with van der Waals surface area (Å²) in [6, 6.07) is 12.2. The summed E-state index contributed by atoms with van der Waals surface area (Å²) in [6.45, 7) is 4.51. The molecule has 2 aliphatic rings. The maximum Gasteiger partial charge on any atom is 0.262 e. The molecule has 1 unspecified atom stereocenters. The van der Waals surface area contributed by atoms with Gasteiger partial charge in [-0.05, 0) is 43.3 Å². The van der Waals surface area contributed by atoms with Gasteiger partial charge in [-0.25, -0.2) is 0 Å². The van der Waals surface area contributed by atoms with Crippen LogP contribution in [0.4, 0.5) is 11.4 Å². The van der Waals surface area contributed by atoms with Gasteiger partial charge in [-0.3, -0.25) is 29.0 Å². The number of hydrogen-bond donors (Lipinski definition) is 2. The Labute approximate surface area is 185 Å². The molecule has 1 saturated heterocycles. The number of anilines is 2. The monoisotopic (exact) mass is 436 g/mol. The van der Waals surface area contributed by atoms with Crippen LogP contribution in [0.2, 0.25) is 0 Å². The fraction of sp³-hybridized carbons (Fsp3) is 0.304. The van der Waals surface area contributed by atoms with E-state index in [-0.39, 0.29) is 5.91 Å². The van der Waals surface area contributed by atoms with E-state index in [0.717, 1.165) is 18.0 Å². The molecule has 4 rings (SSSR count). The number of morpholine rings is 1. The van der Waals surface area contributed by atoms with Gasteiger partial charge in [-0.15, -0.1) is 0 Å². The second-order valence-corrected chi connectivity index (χ2v) is 7.71. The molecule has 0 aliphatic carbocycles. The Morgan fingerprint density at radius 3 is 2.00 bits per heavy atom. The second kappa shape index (κ2) is 9.29. The van der Waals surface area contributed by atoms with E-state index in [1.54, 1.807) is 48.5 Å². The predicted molar refractivity (Wildman–Crippen MR) is 117 cm³/mol. The van der Waals surface area contributed by atoms with Crippen LogP contribution < -0.4 is 10.6 Å². The topological polar surface area (TPSA) is 108 Å². The Morgan fingerprint density at radius 1 is 0.906 bits per heavy atom. The number of imide groups is 1. The number of amides is 4. The first-order valence-corrected chi connectivity index (χ1v) is 10.4. The smallest absolute Gasteiger partial charge is 0.262 e. The molecule has 2 N–H and O–H groups in total. The van der Waals surface area contributed by atoms with Crippen LogP contribution in [0.3, 0.4) is 0 Å². The van der Waals surface area contributed by atoms with Crippen molar-refractivity contribution >= 4 is 35.0 Å². The Hall–Kier alpha value is -3.56. The predicted octanol–water partition coefficient (Wildman–Crippen LogP) is 1.58. The first-order chi connectivity index (χ1) is 15.4. The molecule has 1 atom stereocenters. The van der Waals surface area contributed by atoms with E-state index in [4.69, 9.17) is 4.74 Å². The van der Waals surface area contributed by atoms with Gasteiger partial charge in [0.25, 0.3) is 11.8 Å². The standard InChI is InChI=1S/C23H24N4O5/c1-15(27-22(30)18-4-2-3-5-19(18)23(27)31)21(29)25-17-8-6-16(7-9-17)24-20(28)14-26-10-12-32-13-11-26/h2-9,15H,10-14H2,1H3,(H,24,28)(H,25,29). The Kier molecular flexibility index (Phi) is 6.29. The number of ether oxygens (including phenoxy) is 1. The summed E-state index contributed by atoms with van der Waals surface area (Å²) in [6.07, 6.45) is 0. The van der Waals surface area contributed by atoms with Crippen molar-refractivity contribution < 1.29 is 23.9 Å². The van der Waals surface area contributed by atoms with Gasteiger partial charge < -0.3 is 15.4 Å². The summed E-state index contributed by atoms with van der Waals surface area (Å²) < 4.78 is 5.27. The number of benzene rings is 2. The molecule has 166 valence electrons. The van der Waals surface area contributed by atoms with Gasteiger partial charge in [-0.1, -0.05) is 12.1 Å². The molecule has 0 spiro atoms. The Morgan fingerprint density at radius 2 is 1.44 bits per heavy atom. The highest BCUT2D eigenvalue weighted by Crippen LogP contribution is 2.25.